The van der Waals surface area contributed by atoms with Gasteiger partial charge in [-0.15, -0.1) is 0 Å². The van der Waals surface area contributed by atoms with E-state index in [9.17, 15) is 24.0 Å². The fourth-order valence-electron chi connectivity index (χ4n) is 11.5. The zero-order chi connectivity index (χ0) is 44.4. The maximum atomic E-state index is 15.1. The highest BCUT2D eigenvalue weighted by molar-refractivity contribution is 6.01. The summed E-state index contributed by atoms with van der Waals surface area (Å²) in [4.78, 5) is 96.1. The van der Waals surface area contributed by atoms with Crippen molar-refractivity contribution >= 4 is 51.9 Å². The van der Waals surface area contributed by atoms with Crippen LogP contribution in [0.2, 0.25) is 0 Å². The Balaban J connectivity index is 1.11. The molecule has 3 aliphatic carbocycles. The van der Waals surface area contributed by atoms with Gasteiger partial charge in [-0.2, -0.15) is 0 Å². The lowest BCUT2D eigenvalue weighted by Crippen LogP contribution is -2.65. The normalized spacial score (nSPS) is 28.7. The van der Waals surface area contributed by atoms with Crippen molar-refractivity contribution in [1.82, 2.24) is 41.4 Å². The molecular weight excluding hydrogens is 813 g/mol. The molecule has 9 rings (SSSR count). The number of nitrogens with one attached hydrogen (secondary N) is 6. The van der Waals surface area contributed by atoms with Crippen LogP contribution in [0.4, 0.5) is 0 Å². The van der Waals surface area contributed by atoms with Crippen LogP contribution in [-0.4, -0.2) is 125 Å². The number of hydrogen-bond acceptors (Lipinski definition) is 8. The number of carbonyl (C=O) groups excluding carboxylic acids is 6. The average Bonchev–Trinajstić information content (AvgIpc) is 4.17. The van der Waals surface area contributed by atoms with E-state index in [2.05, 4.69) is 43.7 Å². The first-order valence-electron chi connectivity index (χ1n) is 23.5. The summed E-state index contributed by atoms with van der Waals surface area (Å²) in [7, 11) is 1.58. The summed E-state index contributed by atoms with van der Waals surface area (Å²) in [5.74, 6) is -2.50. The van der Waals surface area contributed by atoms with Crippen LogP contribution in [0.1, 0.15) is 93.7 Å². The minimum absolute atomic E-state index is 0.0564. The van der Waals surface area contributed by atoms with Gasteiger partial charge in [0.1, 0.15) is 35.7 Å². The summed E-state index contributed by atoms with van der Waals surface area (Å²) < 4.78 is 5.25. The minimum Gasteiger partial charge on any atom is -0.383 e. The number of ether oxygens (including phenoxy) is 1. The Morgan fingerprint density at radius 2 is 1.53 bits per heavy atom. The molecule has 2 aromatic carbocycles. The van der Waals surface area contributed by atoms with E-state index < -0.39 is 65.3 Å². The van der Waals surface area contributed by atoms with Gasteiger partial charge in [-0.3, -0.25) is 28.8 Å². The Labute approximate surface area is 374 Å². The van der Waals surface area contributed by atoms with Crippen molar-refractivity contribution in [2.75, 3.05) is 33.4 Å². The second kappa shape index (κ2) is 18.9. The van der Waals surface area contributed by atoms with Gasteiger partial charge >= 0.3 is 0 Å². The number of aromatic amines is 1. The zero-order valence-corrected chi connectivity index (χ0v) is 36.8. The van der Waals surface area contributed by atoms with Gasteiger partial charge in [-0.25, -0.2) is 0 Å². The predicted octanol–water partition coefficient (Wildman–Crippen LogP) is 3.02. The highest BCUT2D eigenvalue weighted by Crippen LogP contribution is 2.42. The molecule has 7 atom stereocenters. The number of benzene rings is 2. The minimum atomic E-state index is -1.36. The number of carbonyl (C=O) groups is 6. The van der Waals surface area contributed by atoms with Crippen LogP contribution in [0.15, 0.2) is 60.8 Å². The molecule has 2 saturated carbocycles. The predicted molar refractivity (Wildman–Crippen MR) is 240 cm³/mol. The van der Waals surface area contributed by atoms with E-state index in [-0.39, 0.29) is 37.3 Å². The van der Waals surface area contributed by atoms with Crippen molar-refractivity contribution in [1.29, 1.82) is 0 Å². The fraction of sp³-hybridized carbons (Fsp3) is 0.551. The summed E-state index contributed by atoms with van der Waals surface area (Å²) in [5.41, 5.74) is 3.38. The van der Waals surface area contributed by atoms with E-state index in [1.165, 1.54) is 0 Å². The third-order valence-corrected chi connectivity index (χ3v) is 14.9. The van der Waals surface area contributed by atoms with Crippen molar-refractivity contribution in [3.05, 3.63) is 77.5 Å². The maximum Gasteiger partial charge on any atom is 0.247 e. The van der Waals surface area contributed by atoms with E-state index in [0.29, 0.717) is 71.1 Å². The standard InChI is InChI=1S/C49H62N8O7/c1-64-24-22-50-29-39-46(61)56-23-10-17-41(56)47(62)57-40-16-7-3-12-32(40)27-42(57)45(60)52-38(25-31-19-18-30-11-2-4-13-34(30)31)44(59)55-49(20-8-9-21-49)48(63)54-37(43(58)53-39)26-33-28-51-36-15-6-5-14-35(33)36/h2,4-6,11,13-15,19,28,32,37-42,50-51H,3,7-10,12,16-18,20-27,29H2,1H3,(H,52,60)(H,53,58)(H,54,63)(H,55,59)/t32-,37-,38-,39-,40-,41+,42-/m0/s1. The topological polar surface area (TPSA) is 194 Å². The average molecular weight is 875 g/mol. The number of fused-ring (bicyclic) bond motifs is 6. The molecule has 6 N–H and O–H groups in total. The maximum absolute atomic E-state index is 15.1. The number of amides is 6. The van der Waals surface area contributed by atoms with Crippen molar-refractivity contribution in [3.63, 3.8) is 0 Å². The molecule has 1 spiro atoms. The van der Waals surface area contributed by atoms with Crippen molar-refractivity contribution in [3.8, 4) is 0 Å². The van der Waals surface area contributed by atoms with Crippen LogP contribution in [0.5, 0.6) is 0 Å². The van der Waals surface area contributed by atoms with Gasteiger partial charge in [0.05, 0.1) is 6.61 Å². The highest BCUT2D eigenvalue weighted by Gasteiger charge is 2.52. The number of para-hydroxylation sites is 1. The number of rotatable bonds is 9. The quantitative estimate of drug-likeness (QED) is 0.177. The summed E-state index contributed by atoms with van der Waals surface area (Å²) in [6, 6.07) is 10.6. The van der Waals surface area contributed by atoms with Crippen molar-refractivity contribution in [2.45, 2.75) is 132 Å². The van der Waals surface area contributed by atoms with Crippen LogP contribution in [0, 0.1) is 5.92 Å². The second-order valence-electron chi connectivity index (χ2n) is 18.8. The molecule has 5 fully saturated rings. The Hall–Kier alpha value is -5.54. The lowest BCUT2D eigenvalue weighted by molar-refractivity contribution is -0.150. The molecule has 3 aliphatic heterocycles. The first-order valence-corrected chi connectivity index (χ1v) is 23.5. The number of nitrogens with zero attached hydrogens (tertiary/aromatic N) is 2. The van der Waals surface area contributed by atoms with Crippen LogP contribution in [0.3, 0.4) is 0 Å². The molecule has 0 radical (unpaired) electrons. The van der Waals surface area contributed by atoms with Crippen LogP contribution >= 0.6 is 0 Å². The molecule has 64 heavy (non-hydrogen) atoms. The lowest BCUT2D eigenvalue weighted by Gasteiger charge is -2.38. The van der Waals surface area contributed by atoms with E-state index >= 15 is 4.79 Å². The monoisotopic (exact) mass is 874 g/mol. The van der Waals surface area contributed by atoms with Gasteiger partial charge in [0.2, 0.25) is 35.4 Å². The van der Waals surface area contributed by atoms with E-state index in [0.717, 1.165) is 58.8 Å². The summed E-state index contributed by atoms with van der Waals surface area (Å²) in [5, 5.41) is 16.5. The molecule has 0 bridgehead atoms. The van der Waals surface area contributed by atoms with Gasteiger partial charge in [-0.05, 0) is 85.6 Å². The Morgan fingerprint density at radius 1 is 0.766 bits per heavy atom. The SMILES string of the molecule is COCCNC[C@@H]1NC(=O)[C@H](Cc2c[nH]c3ccccc23)NC(=O)C2(CCCC2)NC(=O)[C@H](CC2=CCc3ccccc32)NC(=O)[C@@H]2C[C@@H]3CCCC[C@@H]3N2C(=O)[C@H]2CCCN2C1=O. The van der Waals surface area contributed by atoms with Crippen molar-refractivity contribution < 1.29 is 33.5 Å². The fourth-order valence-corrected chi connectivity index (χ4v) is 11.5. The molecule has 0 unspecified atom stereocenters. The third-order valence-electron chi connectivity index (χ3n) is 14.9. The lowest BCUT2D eigenvalue weighted by atomic mass is 9.84. The molecule has 15 nitrogen and oxygen atoms in total. The molecule has 4 heterocycles. The molecule has 3 aromatic rings. The summed E-state index contributed by atoms with van der Waals surface area (Å²) >= 11 is 0. The summed E-state index contributed by atoms with van der Waals surface area (Å²) in [6.45, 7) is 1.16. The second-order valence-corrected chi connectivity index (χ2v) is 18.8. The first kappa shape index (κ1) is 43.7. The number of hydrogen-bond donors (Lipinski definition) is 6. The summed E-state index contributed by atoms with van der Waals surface area (Å²) in [6.07, 6.45) is 12.0. The van der Waals surface area contributed by atoms with Crippen LogP contribution < -0.4 is 26.6 Å². The smallest absolute Gasteiger partial charge is 0.247 e. The Morgan fingerprint density at radius 3 is 2.38 bits per heavy atom. The zero-order valence-electron chi connectivity index (χ0n) is 36.8. The van der Waals surface area contributed by atoms with E-state index in [1.807, 2.05) is 48.7 Å². The van der Waals surface area contributed by atoms with Gasteiger partial charge < -0.3 is 46.1 Å². The number of aromatic nitrogens is 1. The largest absolute Gasteiger partial charge is 0.383 e. The number of H-pyrrole nitrogens is 1. The number of allylic oxidation sites excluding steroid dienone is 1. The van der Waals surface area contributed by atoms with Crippen molar-refractivity contribution in [2.24, 2.45) is 5.92 Å². The van der Waals surface area contributed by atoms with Gasteiger partial charge in [0, 0.05) is 62.7 Å². The Kier molecular flexibility index (Phi) is 12.9. The van der Waals surface area contributed by atoms with Gasteiger partial charge in [-0.1, -0.05) is 74.2 Å². The molecule has 15 heteroatoms. The molecule has 6 amide bonds. The highest BCUT2D eigenvalue weighted by atomic mass is 16.5. The molecule has 1 aromatic heterocycles. The van der Waals surface area contributed by atoms with E-state index in [1.54, 1.807) is 16.9 Å². The molecule has 3 saturated heterocycles. The van der Waals surface area contributed by atoms with Crippen LogP contribution in [-0.2, 0) is 46.3 Å². The van der Waals surface area contributed by atoms with Crippen LogP contribution in [0.25, 0.3) is 16.5 Å². The molecule has 6 aliphatic rings. The first-order chi connectivity index (χ1) is 31.1. The Bertz CT molecular complexity index is 2300. The van der Waals surface area contributed by atoms with Gasteiger partial charge in [0.25, 0.3) is 0 Å². The molecule has 340 valence electrons. The third kappa shape index (κ3) is 8.68. The molecular formula is C49H62N8O7. The van der Waals surface area contributed by atoms with E-state index in [4.69, 9.17) is 4.74 Å². The number of methoxy groups -OCH3 is 1. The van der Waals surface area contributed by atoms with Gasteiger partial charge in [0.15, 0.2) is 0 Å².